The van der Waals surface area contributed by atoms with Crippen LogP contribution in [-0.2, 0) is 11.2 Å². The van der Waals surface area contributed by atoms with Crippen molar-refractivity contribution in [2.75, 3.05) is 13.1 Å². The minimum Gasteiger partial charge on any atom is -0.389 e. The van der Waals surface area contributed by atoms with E-state index in [0.29, 0.717) is 19.5 Å². The number of rotatable bonds is 4. The smallest absolute Gasteiger partial charge is 0.223 e. The van der Waals surface area contributed by atoms with E-state index in [4.69, 9.17) is 0 Å². The number of benzene rings is 1. The number of aliphatic hydroxyl groups excluding tert-OH is 1. The molecule has 1 aliphatic heterocycles. The molecule has 4 aliphatic carbocycles. The van der Waals surface area contributed by atoms with Gasteiger partial charge in [0, 0.05) is 19.5 Å². The lowest BCUT2D eigenvalue weighted by molar-refractivity contribution is -0.157. The number of hydrogen-bond donors (Lipinski definition) is 1. The molecule has 0 radical (unpaired) electrons. The van der Waals surface area contributed by atoms with E-state index < -0.39 is 0 Å². The number of carbonyl (C=O) groups excluding carboxylic acids is 1. The third-order valence-corrected chi connectivity index (χ3v) is 7.84. The van der Waals surface area contributed by atoms with Crippen LogP contribution < -0.4 is 0 Å². The van der Waals surface area contributed by atoms with Gasteiger partial charge in [0.1, 0.15) is 0 Å². The first-order valence-electron chi connectivity index (χ1n) is 10.1. The van der Waals surface area contributed by atoms with Crippen LogP contribution in [0.1, 0.15) is 44.1 Å². The molecule has 134 valence electrons. The number of β-amino-alcohol motifs (C(OH)–C–C–N with tert-alkyl or cyclic N) is 1. The topological polar surface area (TPSA) is 40.5 Å². The molecule has 1 N–H and O–H groups in total. The molecule has 5 fully saturated rings. The van der Waals surface area contributed by atoms with Crippen LogP contribution in [0.15, 0.2) is 30.3 Å². The van der Waals surface area contributed by atoms with Crippen molar-refractivity contribution in [3.05, 3.63) is 35.9 Å². The van der Waals surface area contributed by atoms with Crippen LogP contribution in [0.2, 0.25) is 0 Å². The van der Waals surface area contributed by atoms with Gasteiger partial charge in [-0.2, -0.15) is 0 Å². The Kier molecular flexibility index (Phi) is 3.70. The van der Waals surface area contributed by atoms with Gasteiger partial charge in [0.2, 0.25) is 5.91 Å². The summed E-state index contributed by atoms with van der Waals surface area (Å²) >= 11 is 0. The van der Waals surface area contributed by atoms with Gasteiger partial charge >= 0.3 is 0 Å². The summed E-state index contributed by atoms with van der Waals surface area (Å²) in [6.07, 6.45) is 8.28. The lowest BCUT2D eigenvalue weighted by atomic mass is 9.43. The number of aliphatic hydroxyl groups is 1. The quantitative estimate of drug-likeness (QED) is 0.915. The van der Waals surface area contributed by atoms with E-state index in [2.05, 4.69) is 30.3 Å². The second-order valence-corrected chi connectivity index (χ2v) is 9.33. The van der Waals surface area contributed by atoms with E-state index in [1.807, 2.05) is 4.90 Å². The van der Waals surface area contributed by atoms with Gasteiger partial charge < -0.3 is 10.0 Å². The molecule has 1 heterocycles. The fraction of sp³-hybridized carbons (Fsp3) is 0.682. The fourth-order valence-electron chi connectivity index (χ4n) is 6.79. The Morgan fingerprint density at radius 3 is 2.16 bits per heavy atom. The number of carbonyl (C=O) groups is 1. The molecule has 0 atom stereocenters. The molecule has 5 aliphatic rings. The third kappa shape index (κ3) is 2.63. The molecule has 1 aromatic carbocycles. The maximum atomic E-state index is 13.0. The van der Waals surface area contributed by atoms with Crippen LogP contribution in [0.3, 0.4) is 0 Å². The maximum absolute atomic E-state index is 13.0. The highest BCUT2D eigenvalue weighted by Crippen LogP contribution is 2.64. The average molecular weight is 339 g/mol. The molecule has 3 nitrogen and oxygen atoms in total. The summed E-state index contributed by atoms with van der Waals surface area (Å²) in [5.74, 6) is 3.58. The van der Waals surface area contributed by atoms with Crippen molar-refractivity contribution in [3.63, 3.8) is 0 Å². The monoisotopic (exact) mass is 339 g/mol. The molecule has 0 spiro atoms. The van der Waals surface area contributed by atoms with E-state index in [0.717, 1.165) is 30.1 Å². The minimum atomic E-state index is -0.299. The molecule has 4 bridgehead atoms. The van der Waals surface area contributed by atoms with Gasteiger partial charge in [0.25, 0.3) is 0 Å². The first kappa shape index (κ1) is 15.9. The number of hydrogen-bond acceptors (Lipinski definition) is 2. The number of likely N-dealkylation sites (tertiary alicyclic amines) is 1. The van der Waals surface area contributed by atoms with E-state index >= 15 is 0 Å². The van der Waals surface area contributed by atoms with Crippen LogP contribution in [0, 0.1) is 29.1 Å². The summed E-state index contributed by atoms with van der Waals surface area (Å²) in [5, 5.41) is 9.58. The SMILES string of the molecule is O=C(CC1(Cc2ccccc2)C2CC3CC(C2)CC1C3)N1CC(O)C1. The van der Waals surface area contributed by atoms with Gasteiger partial charge in [-0.25, -0.2) is 0 Å². The fourth-order valence-corrected chi connectivity index (χ4v) is 6.79. The van der Waals surface area contributed by atoms with Gasteiger partial charge in [-0.15, -0.1) is 0 Å². The van der Waals surface area contributed by atoms with Crippen molar-refractivity contribution >= 4 is 5.91 Å². The van der Waals surface area contributed by atoms with E-state index in [1.165, 1.54) is 37.7 Å². The molecular formula is C22H29NO2. The summed E-state index contributed by atoms with van der Waals surface area (Å²) in [5.41, 5.74) is 1.55. The molecule has 4 saturated carbocycles. The van der Waals surface area contributed by atoms with Gasteiger partial charge in [0.15, 0.2) is 0 Å². The molecular weight excluding hydrogens is 310 g/mol. The molecule has 3 heteroatoms. The number of nitrogens with zero attached hydrogens (tertiary/aromatic N) is 1. The highest BCUT2D eigenvalue weighted by Gasteiger charge is 2.57. The van der Waals surface area contributed by atoms with Crippen molar-refractivity contribution in [2.24, 2.45) is 29.1 Å². The van der Waals surface area contributed by atoms with E-state index in [9.17, 15) is 9.90 Å². The largest absolute Gasteiger partial charge is 0.389 e. The Balaban J connectivity index is 1.44. The zero-order valence-electron chi connectivity index (χ0n) is 14.9. The van der Waals surface area contributed by atoms with Crippen LogP contribution in [-0.4, -0.2) is 35.1 Å². The molecule has 1 aromatic rings. The Bertz CT molecular complexity index is 621. The number of amides is 1. The Hall–Kier alpha value is -1.35. The Labute approximate surface area is 150 Å². The molecule has 6 rings (SSSR count). The highest BCUT2D eigenvalue weighted by atomic mass is 16.3. The molecule has 0 unspecified atom stereocenters. The zero-order valence-corrected chi connectivity index (χ0v) is 14.9. The van der Waals surface area contributed by atoms with Crippen molar-refractivity contribution < 1.29 is 9.90 Å². The summed E-state index contributed by atoms with van der Waals surface area (Å²) in [4.78, 5) is 14.9. The predicted molar refractivity (Wildman–Crippen MR) is 96.8 cm³/mol. The van der Waals surface area contributed by atoms with Crippen molar-refractivity contribution in [1.29, 1.82) is 0 Å². The van der Waals surface area contributed by atoms with Gasteiger partial charge in [-0.05, 0) is 73.2 Å². The normalized spacial score (nSPS) is 39.5. The van der Waals surface area contributed by atoms with Gasteiger partial charge in [0.05, 0.1) is 6.10 Å². The van der Waals surface area contributed by atoms with Crippen LogP contribution >= 0.6 is 0 Å². The minimum absolute atomic E-state index is 0.159. The second-order valence-electron chi connectivity index (χ2n) is 9.33. The predicted octanol–water partition coefficient (Wildman–Crippen LogP) is 3.26. The lowest BCUT2D eigenvalue weighted by Crippen LogP contribution is -2.58. The van der Waals surface area contributed by atoms with Crippen molar-refractivity contribution in [2.45, 2.75) is 51.0 Å². The molecule has 0 aromatic heterocycles. The Morgan fingerprint density at radius 1 is 1.00 bits per heavy atom. The van der Waals surface area contributed by atoms with Gasteiger partial charge in [-0.3, -0.25) is 4.79 Å². The molecule has 1 amide bonds. The lowest BCUT2D eigenvalue weighted by Gasteiger charge is -2.62. The first-order valence-corrected chi connectivity index (χ1v) is 10.1. The van der Waals surface area contributed by atoms with E-state index in [-0.39, 0.29) is 17.4 Å². The molecule has 1 saturated heterocycles. The summed E-state index contributed by atoms with van der Waals surface area (Å²) in [6, 6.07) is 10.8. The average Bonchev–Trinajstić information content (AvgIpc) is 2.57. The standard InChI is InChI=1S/C22H29NO2/c24-20-13-23(14-20)21(25)12-22(11-15-4-2-1-3-5-15)18-7-16-6-17(9-18)10-19(22)8-16/h1-5,16-20,24H,6-14H2. The maximum Gasteiger partial charge on any atom is 0.223 e. The summed E-state index contributed by atoms with van der Waals surface area (Å²) < 4.78 is 0. The van der Waals surface area contributed by atoms with Crippen LogP contribution in [0.4, 0.5) is 0 Å². The zero-order chi connectivity index (χ0) is 17.0. The van der Waals surface area contributed by atoms with Crippen molar-refractivity contribution in [3.8, 4) is 0 Å². The van der Waals surface area contributed by atoms with Crippen LogP contribution in [0.5, 0.6) is 0 Å². The van der Waals surface area contributed by atoms with Gasteiger partial charge in [-0.1, -0.05) is 30.3 Å². The van der Waals surface area contributed by atoms with Crippen LogP contribution in [0.25, 0.3) is 0 Å². The van der Waals surface area contributed by atoms with Crippen molar-refractivity contribution in [1.82, 2.24) is 4.90 Å². The second kappa shape index (κ2) is 5.84. The highest BCUT2D eigenvalue weighted by molar-refractivity contribution is 5.78. The Morgan fingerprint density at radius 2 is 1.60 bits per heavy atom. The summed E-state index contributed by atoms with van der Waals surface area (Å²) in [7, 11) is 0. The molecule has 25 heavy (non-hydrogen) atoms. The summed E-state index contributed by atoms with van der Waals surface area (Å²) in [6.45, 7) is 1.08. The van der Waals surface area contributed by atoms with E-state index in [1.54, 1.807) is 0 Å². The first-order chi connectivity index (χ1) is 12.1. The third-order valence-electron chi connectivity index (χ3n) is 7.84.